The molecular formula is C9H16N2O2. The van der Waals surface area contributed by atoms with Crippen LogP contribution >= 0.6 is 0 Å². The maximum atomic E-state index is 10.8. The van der Waals surface area contributed by atoms with Crippen molar-refractivity contribution in [1.82, 2.24) is 4.90 Å². The third kappa shape index (κ3) is 1.84. The van der Waals surface area contributed by atoms with E-state index in [1.807, 2.05) is 0 Å². The molecule has 1 amide bonds. The predicted octanol–water partition coefficient (Wildman–Crippen LogP) is -0.275. The topological polar surface area (TPSA) is 55.6 Å². The summed E-state index contributed by atoms with van der Waals surface area (Å²) in [5.74, 6) is -0.229. The van der Waals surface area contributed by atoms with Gasteiger partial charge >= 0.3 is 0 Å². The largest absolute Gasteiger partial charge is 0.375 e. The average Bonchev–Trinajstić information content (AvgIpc) is 2.51. The first kappa shape index (κ1) is 8.97. The summed E-state index contributed by atoms with van der Waals surface area (Å²) in [6.07, 6.45) is 3.86. The van der Waals surface area contributed by atoms with Crippen molar-refractivity contribution in [3.8, 4) is 0 Å². The second-order valence-electron chi connectivity index (χ2n) is 3.84. The van der Waals surface area contributed by atoms with Gasteiger partial charge in [0.25, 0.3) is 0 Å². The summed E-state index contributed by atoms with van der Waals surface area (Å²) in [4.78, 5) is 13.0. The number of rotatable bonds is 2. The van der Waals surface area contributed by atoms with E-state index in [2.05, 4.69) is 4.90 Å². The number of primary amides is 1. The summed E-state index contributed by atoms with van der Waals surface area (Å²) < 4.78 is 5.62. The van der Waals surface area contributed by atoms with E-state index in [1.54, 1.807) is 0 Å². The van der Waals surface area contributed by atoms with Crippen LogP contribution in [0.15, 0.2) is 0 Å². The smallest absolute Gasteiger partial charge is 0.231 e. The van der Waals surface area contributed by atoms with Crippen molar-refractivity contribution in [2.45, 2.75) is 31.4 Å². The molecule has 1 aliphatic heterocycles. The van der Waals surface area contributed by atoms with Crippen LogP contribution in [0.1, 0.15) is 19.3 Å². The van der Waals surface area contributed by atoms with Crippen molar-refractivity contribution in [3.05, 3.63) is 0 Å². The molecule has 2 N–H and O–H groups in total. The van der Waals surface area contributed by atoms with E-state index >= 15 is 0 Å². The zero-order chi connectivity index (χ0) is 9.26. The highest BCUT2D eigenvalue weighted by atomic mass is 16.5. The molecule has 0 spiro atoms. The molecule has 1 saturated heterocycles. The Labute approximate surface area is 78.0 Å². The molecule has 74 valence electrons. The third-order valence-corrected chi connectivity index (χ3v) is 2.96. The lowest BCUT2D eigenvalue weighted by molar-refractivity contribution is -0.123. The molecule has 1 saturated carbocycles. The molecule has 13 heavy (non-hydrogen) atoms. The minimum absolute atomic E-state index is 0.229. The minimum Gasteiger partial charge on any atom is -0.375 e. The summed E-state index contributed by atoms with van der Waals surface area (Å²) in [6, 6.07) is 0.446. The fourth-order valence-corrected chi connectivity index (χ4v) is 2.40. The van der Waals surface area contributed by atoms with E-state index < -0.39 is 0 Å². The maximum absolute atomic E-state index is 10.8. The van der Waals surface area contributed by atoms with E-state index in [-0.39, 0.29) is 5.91 Å². The van der Waals surface area contributed by atoms with Crippen LogP contribution in [0.25, 0.3) is 0 Å². The number of nitrogens with two attached hydrogens (primary N) is 1. The van der Waals surface area contributed by atoms with Gasteiger partial charge in [-0.05, 0) is 19.3 Å². The Morgan fingerprint density at radius 2 is 2.38 bits per heavy atom. The first-order valence-electron chi connectivity index (χ1n) is 4.91. The van der Waals surface area contributed by atoms with Crippen LogP contribution in [0.3, 0.4) is 0 Å². The molecule has 4 heteroatoms. The normalized spacial score (nSPS) is 34.5. The minimum atomic E-state index is -0.229. The fourth-order valence-electron chi connectivity index (χ4n) is 2.40. The van der Waals surface area contributed by atoms with E-state index in [0.717, 1.165) is 26.0 Å². The standard InChI is InChI=1S/C9H16N2O2/c10-9(12)6-11-4-5-13-8-3-1-2-7(8)11/h7-8H,1-6H2,(H2,10,12). The van der Waals surface area contributed by atoms with Gasteiger partial charge < -0.3 is 10.5 Å². The van der Waals surface area contributed by atoms with Gasteiger partial charge in [0.1, 0.15) is 0 Å². The number of carbonyl (C=O) groups is 1. The molecule has 1 heterocycles. The molecule has 2 fully saturated rings. The second kappa shape index (κ2) is 3.64. The number of fused-ring (bicyclic) bond motifs is 1. The number of amides is 1. The summed E-state index contributed by atoms with van der Waals surface area (Å²) in [7, 11) is 0. The zero-order valence-electron chi connectivity index (χ0n) is 7.74. The zero-order valence-corrected chi connectivity index (χ0v) is 7.74. The summed E-state index contributed by atoms with van der Waals surface area (Å²) in [5.41, 5.74) is 5.18. The third-order valence-electron chi connectivity index (χ3n) is 2.96. The number of carbonyl (C=O) groups excluding carboxylic acids is 1. The molecule has 1 aliphatic carbocycles. The highest BCUT2D eigenvalue weighted by Gasteiger charge is 2.36. The fraction of sp³-hybridized carbons (Fsp3) is 0.889. The van der Waals surface area contributed by atoms with E-state index in [0.29, 0.717) is 18.7 Å². The molecule has 4 nitrogen and oxygen atoms in total. The second-order valence-corrected chi connectivity index (χ2v) is 3.84. The van der Waals surface area contributed by atoms with Crippen molar-refractivity contribution in [3.63, 3.8) is 0 Å². The van der Waals surface area contributed by atoms with Crippen LogP contribution in [-0.2, 0) is 9.53 Å². The molecule has 0 radical (unpaired) electrons. The Balaban J connectivity index is 1.97. The SMILES string of the molecule is NC(=O)CN1CCOC2CCCC21. The summed E-state index contributed by atoms with van der Waals surface area (Å²) in [5, 5.41) is 0. The summed E-state index contributed by atoms with van der Waals surface area (Å²) >= 11 is 0. The van der Waals surface area contributed by atoms with Gasteiger partial charge in [-0.2, -0.15) is 0 Å². The van der Waals surface area contributed by atoms with Gasteiger partial charge in [0.05, 0.1) is 19.3 Å². The van der Waals surface area contributed by atoms with Gasteiger partial charge in [-0.3, -0.25) is 9.69 Å². The van der Waals surface area contributed by atoms with Gasteiger partial charge in [-0.25, -0.2) is 0 Å². The number of ether oxygens (including phenoxy) is 1. The lowest BCUT2D eigenvalue weighted by Gasteiger charge is -2.36. The first-order chi connectivity index (χ1) is 6.27. The Kier molecular flexibility index (Phi) is 2.51. The van der Waals surface area contributed by atoms with Gasteiger partial charge in [0, 0.05) is 12.6 Å². The number of morpholine rings is 1. The first-order valence-corrected chi connectivity index (χ1v) is 4.91. The van der Waals surface area contributed by atoms with Crippen LogP contribution in [0, 0.1) is 0 Å². The maximum Gasteiger partial charge on any atom is 0.231 e. The number of hydrogen-bond acceptors (Lipinski definition) is 3. The van der Waals surface area contributed by atoms with E-state index in [9.17, 15) is 4.79 Å². The van der Waals surface area contributed by atoms with Crippen molar-refractivity contribution < 1.29 is 9.53 Å². The van der Waals surface area contributed by atoms with Gasteiger partial charge in [0.15, 0.2) is 0 Å². The number of nitrogens with zero attached hydrogens (tertiary/aromatic N) is 1. The van der Waals surface area contributed by atoms with Gasteiger partial charge in [-0.15, -0.1) is 0 Å². The highest BCUT2D eigenvalue weighted by molar-refractivity contribution is 5.76. The predicted molar refractivity (Wildman–Crippen MR) is 48.1 cm³/mol. The Bertz CT molecular complexity index is 208. The molecule has 0 bridgehead atoms. The van der Waals surface area contributed by atoms with Crippen LogP contribution in [0.4, 0.5) is 0 Å². The average molecular weight is 184 g/mol. The van der Waals surface area contributed by atoms with Crippen molar-refractivity contribution >= 4 is 5.91 Å². The Morgan fingerprint density at radius 3 is 3.15 bits per heavy atom. The van der Waals surface area contributed by atoms with Crippen LogP contribution in [-0.4, -0.2) is 42.6 Å². The number of hydrogen-bond donors (Lipinski definition) is 1. The van der Waals surface area contributed by atoms with Crippen LogP contribution < -0.4 is 5.73 Å². The van der Waals surface area contributed by atoms with Crippen molar-refractivity contribution in [2.75, 3.05) is 19.7 Å². The molecule has 2 aliphatic rings. The van der Waals surface area contributed by atoms with Gasteiger partial charge in [-0.1, -0.05) is 0 Å². The van der Waals surface area contributed by atoms with Crippen LogP contribution in [0.2, 0.25) is 0 Å². The molecule has 2 atom stereocenters. The monoisotopic (exact) mass is 184 g/mol. The lowest BCUT2D eigenvalue weighted by atomic mass is 10.1. The van der Waals surface area contributed by atoms with Crippen molar-refractivity contribution in [2.24, 2.45) is 5.73 Å². The molecule has 2 unspecified atom stereocenters. The lowest BCUT2D eigenvalue weighted by Crippen LogP contribution is -2.51. The molecule has 0 aromatic carbocycles. The molecular weight excluding hydrogens is 168 g/mol. The quantitative estimate of drug-likeness (QED) is 0.642. The Hall–Kier alpha value is -0.610. The molecule has 0 aromatic heterocycles. The van der Waals surface area contributed by atoms with Crippen LogP contribution in [0.5, 0.6) is 0 Å². The molecule has 2 rings (SSSR count). The Morgan fingerprint density at radius 1 is 1.54 bits per heavy atom. The summed E-state index contributed by atoms with van der Waals surface area (Å²) in [6.45, 7) is 1.99. The molecule has 0 aromatic rings. The van der Waals surface area contributed by atoms with E-state index in [4.69, 9.17) is 10.5 Å². The van der Waals surface area contributed by atoms with Crippen molar-refractivity contribution in [1.29, 1.82) is 0 Å². The van der Waals surface area contributed by atoms with E-state index in [1.165, 1.54) is 6.42 Å². The highest BCUT2D eigenvalue weighted by Crippen LogP contribution is 2.29. The van der Waals surface area contributed by atoms with Gasteiger partial charge in [0.2, 0.25) is 5.91 Å².